The Balaban J connectivity index is 1.61. The van der Waals surface area contributed by atoms with Crippen molar-refractivity contribution in [3.8, 4) is 0 Å². The molecule has 2 aromatic rings. The number of aryl methyl sites for hydroxylation is 1. The van der Waals surface area contributed by atoms with Crippen LogP contribution in [0.5, 0.6) is 0 Å². The number of urea groups is 1. The molecule has 1 saturated heterocycles. The van der Waals surface area contributed by atoms with E-state index in [0.717, 1.165) is 23.1 Å². The molecule has 0 saturated carbocycles. The third-order valence-electron chi connectivity index (χ3n) is 6.55. The zero-order valence-corrected chi connectivity index (χ0v) is 19.9. The van der Waals surface area contributed by atoms with Gasteiger partial charge in [0.25, 0.3) is 5.91 Å². The number of hydrogen-bond donors (Lipinski definition) is 1. The third-order valence-corrected chi connectivity index (χ3v) is 6.55. The fourth-order valence-corrected chi connectivity index (χ4v) is 5.30. The minimum atomic E-state index is -0.374. The molecule has 5 heteroatoms. The Labute approximate surface area is 191 Å². The average Bonchev–Trinajstić information content (AvgIpc) is 2.96. The van der Waals surface area contributed by atoms with Crippen LogP contribution in [0, 0.1) is 6.92 Å². The van der Waals surface area contributed by atoms with Gasteiger partial charge in [-0.1, -0.05) is 42.8 Å². The molecule has 0 radical (unpaired) electrons. The summed E-state index contributed by atoms with van der Waals surface area (Å²) in [4.78, 5) is 29.2. The van der Waals surface area contributed by atoms with Crippen molar-refractivity contribution in [2.75, 3.05) is 4.90 Å². The minimum absolute atomic E-state index is 0.0897. The number of hydrogen-bond acceptors (Lipinski definition) is 3. The fourth-order valence-electron chi connectivity index (χ4n) is 5.30. The molecule has 2 aromatic carbocycles. The number of carbonyl (C=O) groups excluding carboxylic acids is 2. The van der Waals surface area contributed by atoms with Crippen LogP contribution in [0.1, 0.15) is 69.2 Å². The molecule has 168 valence electrons. The molecule has 2 aliphatic rings. The summed E-state index contributed by atoms with van der Waals surface area (Å²) in [7, 11) is 0. The Morgan fingerprint density at radius 2 is 1.81 bits per heavy atom. The summed E-state index contributed by atoms with van der Waals surface area (Å²) in [6.45, 7) is 13.6. The van der Waals surface area contributed by atoms with E-state index in [9.17, 15) is 9.59 Å². The fraction of sp³-hybridized carbons (Fsp3) is 0.407. The first kappa shape index (κ1) is 22.1. The highest BCUT2D eigenvalue weighted by Gasteiger charge is 2.38. The van der Waals surface area contributed by atoms with Gasteiger partial charge in [-0.25, -0.2) is 4.79 Å². The van der Waals surface area contributed by atoms with E-state index in [1.165, 1.54) is 16.2 Å². The second kappa shape index (κ2) is 8.12. The third kappa shape index (κ3) is 4.04. The Bertz CT molecular complexity index is 1080. The molecular formula is C27H33N3O2. The Kier molecular flexibility index (Phi) is 5.61. The summed E-state index contributed by atoms with van der Waals surface area (Å²) >= 11 is 0. The van der Waals surface area contributed by atoms with Gasteiger partial charge in [-0.15, -0.1) is 0 Å². The first-order valence-electron chi connectivity index (χ1n) is 11.4. The highest BCUT2D eigenvalue weighted by atomic mass is 16.2. The lowest BCUT2D eigenvalue weighted by molar-refractivity contribution is -0.123. The summed E-state index contributed by atoms with van der Waals surface area (Å²) in [5.41, 5.74) is 5.97. The van der Waals surface area contributed by atoms with Gasteiger partial charge < -0.3 is 10.2 Å². The van der Waals surface area contributed by atoms with Crippen molar-refractivity contribution in [1.82, 2.24) is 10.2 Å². The summed E-state index contributed by atoms with van der Waals surface area (Å²) in [5.74, 6) is 0.131. The van der Waals surface area contributed by atoms with Gasteiger partial charge in [-0.3, -0.25) is 9.69 Å². The minimum Gasteiger partial charge on any atom is -0.364 e. The maximum atomic E-state index is 12.9. The number of nitrogens with zero attached hydrogens (tertiary/aromatic N) is 2. The molecule has 4 rings (SSSR count). The first-order valence-corrected chi connectivity index (χ1v) is 11.4. The van der Waals surface area contributed by atoms with Crippen molar-refractivity contribution in [2.24, 2.45) is 0 Å². The molecular weight excluding hydrogens is 398 g/mol. The number of anilines is 1. The second-order valence-electron chi connectivity index (χ2n) is 10.1. The van der Waals surface area contributed by atoms with Crippen LogP contribution in [0.15, 0.2) is 48.2 Å². The highest BCUT2D eigenvalue weighted by Crippen LogP contribution is 2.44. The molecule has 1 N–H and O–H groups in total. The van der Waals surface area contributed by atoms with Gasteiger partial charge in [0.05, 0.1) is 6.54 Å². The van der Waals surface area contributed by atoms with Crippen LogP contribution in [0.4, 0.5) is 10.5 Å². The molecule has 1 fully saturated rings. The lowest BCUT2D eigenvalue weighted by Crippen LogP contribution is -2.51. The summed E-state index contributed by atoms with van der Waals surface area (Å²) in [6, 6.07) is 14.3. The predicted octanol–water partition coefficient (Wildman–Crippen LogP) is 5.59. The van der Waals surface area contributed by atoms with Crippen LogP contribution in [0.25, 0.3) is 6.08 Å². The first-order chi connectivity index (χ1) is 15.1. The average molecular weight is 432 g/mol. The second-order valence-corrected chi connectivity index (χ2v) is 10.1. The lowest BCUT2D eigenvalue weighted by Gasteiger charge is -2.50. The summed E-state index contributed by atoms with van der Waals surface area (Å²) < 4.78 is 0. The van der Waals surface area contributed by atoms with Gasteiger partial charge in [0, 0.05) is 17.3 Å². The van der Waals surface area contributed by atoms with Crippen molar-refractivity contribution >= 4 is 23.7 Å². The number of fused-ring (bicyclic) bond motifs is 1. The number of amides is 3. The topological polar surface area (TPSA) is 52.7 Å². The van der Waals surface area contributed by atoms with Crippen molar-refractivity contribution in [2.45, 2.75) is 72.0 Å². The zero-order valence-electron chi connectivity index (χ0n) is 19.9. The number of carbonyl (C=O) groups is 2. The number of nitrogens with one attached hydrogen (secondary N) is 1. The van der Waals surface area contributed by atoms with Crippen LogP contribution in [0.2, 0.25) is 0 Å². The molecule has 3 amide bonds. The molecule has 32 heavy (non-hydrogen) atoms. The molecule has 0 spiro atoms. The molecule has 0 aliphatic carbocycles. The van der Waals surface area contributed by atoms with E-state index in [1.54, 1.807) is 6.08 Å². The highest BCUT2D eigenvalue weighted by molar-refractivity contribution is 6.13. The van der Waals surface area contributed by atoms with Crippen molar-refractivity contribution in [3.05, 3.63) is 70.4 Å². The van der Waals surface area contributed by atoms with Crippen LogP contribution in [-0.2, 0) is 11.3 Å². The Hall–Kier alpha value is -3.08. The summed E-state index contributed by atoms with van der Waals surface area (Å²) in [5, 5.41) is 2.75. The monoisotopic (exact) mass is 431 g/mol. The number of rotatable bonds is 4. The van der Waals surface area contributed by atoms with E-state index in [0.29, 0.717) is 17.7 Å². The smallest absolute Gasteiger partial charge is 0.329 e. The van der Waals surface area contributed by atoms with Crippen LogP contribution >= 0.6 is 0 Å². The van der Waals surface area contributed by atoms with E-state index < -0.39 is 0 Å². The molecule has 0 aromatic heterocycles. The molecule has 0 bridgehead atoms. The number of benzene rings is 2. The molecule has 1 atom stereocenters. The van der Waals surface area contributed by atoms with Crippen LogP contribution in [-0.4, -0.2) is 28.4 Å². The van der Waals surface area contributed by atoms with E-state index >= 15 is 0 Å². The Morgan fingerprint density at radius 3 is 2.47 bits per heavy atom. The summed E-state index contributed by atoms with van der Waals surface area (Å²) in [6.07, 6.45) is 2.86. The van der Waals surface area contributed by atoms with Gasteiger partial charge in [-0.2, -0.15) is 0 Å². The Morgan fingerprint density at radius 1 is 1.12 bits per heavy atom. The number of imide groups is 1. The van der Waals surface area contributed by atoms with Gasteiger partial charge in [-0.05, 0) is 81.9 Å². The largest absolute Gasteiger partial charge is 0.364 e. The molecule has 0 unspecified atom stereocenters. The van der Waals surface area contributed by atoms with E-state index in [1.807, 2.05) is 37.3 Å². The normalized spacial score (nSPS) is 21.3. The quantitative estimate of drug-likeness (QED) is 0.507. The van der Waals surface area contributed by atoms with Crippen molar-refractivity contribution in [3.63, 3.8) is 0 Å². The molecule has 2 heterocycles. The van der Waals surface area contributed by atoms with Gasteiger partial charge in [0.2, 0.25) is 0 Å². The van der Waals surface area contributed by atoms with Crippen molar-refractivity contribution < 1.29 is 9.59 Å². The standard InChI is InChI=1S/C27H33N3O2/c1-17(2)30-24-12-11-21(13-22(24)19(4)15-27(30,5)6)14-23-25(31)29(26(32)28-23)16-20-9-7-18(3)8-10-20/h7-14,17,19H,15-16H2,1-6H3,(H,28,32)/b23-14-/t19-/m0/s1. The van der Waals surface area contributed by atoms with E-state index in [4.69, 9.17) is 0 Å². The molecule has 2 aliphatic heterocycles. The SMILES string of the molecule is Cc1ccc(CN2C(=O)N/C(=C\c3ccc4c(c3)[C@@H](C)CC(C)(C)N4C(C)C)C2=O)cc1. The van der Waals surface area contributed by atoms with Gasteiger partial charge in [0.1, 0.15) is 5.70 Å². The van der Waals surface area contributed by atoms with Crippen LogP contribution < -0.4 is 10.2 Å². The van der Waals surface area contributed by atoms with E-state index in [2.05, 4.69) is 57.0 Å². The predicted molar refractivity (Wildman–Crippen MR) is 129 cm³/mol. The van der Waals surface area contributed by atoms with Gasteiger partial charge >= 0.3 is 6.03 Å². The van der Waals surface area contributed by atoms with Gasteiger partial charge in [0.15, 0.2) is 0 Å². The molecule has 5 nitrogen and oxygen atoms in total. The van der Waals surface area contributed by atoms with E-state index in [-0.39, 0.29) is 24.0 Å². The zero-order chi connectivity index (χ0) is 23.2. The lowest BCUT2D eigenvalue weighted by atomic mass is 9.79. The maximum absolute atomic E-state index is 12.9. The van der Waals surface area contributed by atoms with Crippen molar-refractivity contribution in [1.29, 1.82) is 0 Å². The maximum Gasteiger partial charge on any atom is 0.329 e. The van der Waals surface area contributed by atoms with Crippen LogP contribution in [0.3, 0.4) is 0 Å².